The van der Waals surface area contributed by atoms with Crippen molar-refractivity contribution >= 4 is 29.2 Å². The minimum atomic E-state index is -1.07. The fourth-order valence-corrected chi connectivity index (χ4v) is 2.89. The molecule has 0 aromatic heterocycles. The highest BCUT2D eigenvalue weighted by Crippen LogP contribution is 2.47. The Kier molecular flexibility index (Phi) is 4.99. The molecule has 1 fully saturated rings. The van der Waals surface area contributed by atoms with Gasteiger partial charge in [-0.1, -0.05) is 18.2 Å². The van der Waals surface area contributed by atoms with E-state index in [1.54, 1.807) is 18.2 Å². The van der Waals surface area contributed by atoms with E-state index in [2.05, 4.69) is 15.4 Å². The van der Waals surface area contributed by atoms with E-state index in [1.165, 1.54) is 13.2 Å². The van der Waals surface area contributed by atoms with Crippen LogP contribution in [0, 0.1) is 19.3 Å². The summed E-state index contributed by atoms with van der Waals surface area (Å²) in [5.74, 6) is -1.16. The summed E-state index contributed by atoms with van der Waals surface area (Å²) in [7, 11) is 1.30. The summed E-state index contributed by atoms with van der Waals surface area (Å²) in [6.07, 6.45) is 0.985. The van der Waals surface area contributed by atoms with Crippen LogP contribution in [0.5, 0.6) is 0 Å². The summed E-state index contributed by atoms with van der Waals surface area (Å²) >= 11 is 0. The molecule has 2 amide bonds. The average Bonchev–Trinajstić information content (AvgIpc) is 3.46. The van der Waals surface area contributed by atoms with Crippen LogP contribution in [0.25, 0.3) is 0 Å². The molecule has 0 spiro atoms. The molecule has 3 rings (SSSR count). The lowest BCUT2D eigenvalue weighted by molar-refractivity contribution is -0.131. The van der Waals surface area contributed by atoms with Crippen molar-refractivity contribution in [2.45, 2.75) is 26.7 Å². The number of carbonyl (C=O) groups excluding carboxylic acids is 3. The number of anilines is 2. The van der Waals surface area contributed by atoms with Crippen molar-refractivity contribution in [2.75, 3.05) is 17.7 Å². The van der Waals surface area contributed by atoms with Gasteiger partial charge in [-0.2, -0.15) is 0 Å². The third-order valence-electron chi connectivity index (χ3n) is 4.80. The number of rotatable bonds is 5. The molecule has 0 saturated heterocycles. The van der Waals surface area contributed by atoms with E-state index < -0.39 is 11.4 Å². The first-order chi connectivity index (χ1) is 12.9. The van der Waals surface area contributed by atoms with Gasteiger partial charge in [0.05, 0.1) is 12.7 Å². The number of ether oxygens (including phenoxy) is 1. The molecule has 6 nitrogen and oxygen atoms in total. The highest BCUT2D eigenvalue weighted by molar-refractivity contribution is 6.17. The zero-order chi connectivity index (χ0) is 19.6. The van der Waals surface area contributed by atoms with Gasteiger partial charge in [-0.15, -0.1) is 0 Å². The second-order valence-corrected chi connectivity index (χ2v) is 6.88. The molecule has 2 N–H and O–H groups in total. The van der Waals surface area contributed by atoms with Crippen molar-refractivity contribution in [2.24, 2.45) is 5.41 Å². The maximum atomic E-state index is 12.8. The van der Waals surface area contributed by atoms with Crippen LogP contribution in [0.15, 0.2) is 42.5 Å². The van der Waals surface area contributed by atoms with Crippen LogP contribution in [0.4, 0.5) is 11.4 Å². The van der Waals surface area contributed by atoms with Gasteiger partial charge in [0, 0.05) is 11.4 Å². The Bertz CT molecular complexity index is 916. The molecule has 2 aromatic carbocycles. The van der Waals surface area contributed by atoms with Crippen molar-refractivity contribution in [3.63, 3.8) is 0 Å². The molecule has 1 aliphatic carbocycles. The van der Waals surface area contributed by atoms with E-state index in [4.69, 9.17) is 0 Å². The molecule has 0 unspecified atom stereocenters. The lowest BCUT2D eigenvalue weighted by atomic mass is 10.0. The van der Waals surface area contributed by atoms with Crippen molar-refractivity contribution in [3.8, 4) is 0 Å². The fourth-order valence-electron chi connectivity index (χ4n) is 2.89. The molecule has 0 aliphatic heterocycles. The second-order valence-electron chi connectivity index (χ2n) is 6.88. The number of benzene rings is 2. The van der Waals surface area contributed by atoms with Gasteiger partial charge in [0.15, 0.2) is 0 Å². The van der Waals surface area contributed by atoms with Crippen molar-refractivity contribution in [1.29, 1.82) is 0 Å². The van der Waals surface area contributed by atoms with Gasteiger partial charge >= 0.3 is 5.97 Å². The van der Waals surface area contributed by atoms with Crippen molar-refractivity contribution in [1.82, 2.24) is 0 Å². The van der Waals surface area contributed by atoms with Gasteiger partial charge in [-0.3, -0.25) is 9.59 Å². The number of hydrogen-bond acceptors (Lipinski definition) is 4. The van der Waals surface area contributed by atoms with E-state index in [0.717, 1.165) is 11.1 Å². The molecule has 2 aromatic rings. The van der Waals surface area contributed by atoms with Crippen LogP contribution in [0.3, 0.4) is 0 Å². The lowest BCUT2D eigenvalue weighted by Crippen LogP contribution is -2.35. The van der Waals surface area contributed by atoms with Crippen molar-refractivity contribution in [3.05, 3.63) is 59.2 Å². The molecule has 0 bridgehead atoms. The summed E-state index contributed by atoms with van der Waals surface area (Å²) in [5.41, 5.74) is 2.40. The van der Waals surface area contributed by atoms with Crippen LogP contribution in [-0.4, -0.2) is 24.9 Å². The zero-order valence-corrected chi connectivity index (χ0v) is 15.6. The highest BCUT2D eigenvalue weighted by atomic mass is 16.5. The minimum absolute atomic E-state index is 0.308. The molecule has 0 atom stereocenters. The van der Waals surface area contributed by atoms with Gasteiger partial charge in [0.25, 0.3) is 0 Å². The third-order valence-corrected chi connectivity index (χ3v) is 4.80. The Morgan fingerprint density at radius 1 is 0.963 bits per heavy atom. The van der Waals surface area contributed by atoms with E-state index in [0.29, 0.717) is 29.8 Å². The van der Waals surface area contributed by atoms with Gasteiger partial charge in [-0.25, -0.2) is 4.79 Å². The van der Waals surface area contributed by atoms with Gasteiger partial charge in [-0.05, 0) is 62.1 Å². The largest absolute Gasteiger partial charge is 0.465 e. The Labute approximate surface area is 157 Å². The number of carbonyl (C=O) groups is 3. The van der Waals surface area contributed by atoms with Gasteiger partial charge in [0.2, 0.25) is 11.8 Å². The van der Waals surface area contributed by atoms with Gasteiger partial charge < -0.3 is 15.4 Å². The van der Waals surface area contributed by atoms with Crippen LogP contribution in [0.2, 0.25) is 0 Å². The molecule has 0 heterocycles. The van der Waals surface area contributed by atoms with E-state index in [-0.39, 0.29) is 11.8 Å². The zero-order valence-electron chi connectivity index (χ0n) is 15.6. The average molecular weight is 366 g/mol. The quantitative estimate of drug-likeness (QED) is 0.627. The Morgan fingerprint density at radius 2 is 1.67 bits per heavy atom. The van der Waals surface area contributed by atoms with Crippen LogP contribution in [0.1, 0.15) is 34.3 Å². The maximum Gasteiger partial charge on any atom is 0.337 e. The van der Waals surface area contributed by atoms with Crippen LogP contribution < -0.4 is 10.6 Å². The topological polar surface area (TPSA) is 84.5 Å². The summed E-state index contributed by atoms with van der Waals surface area (Å²) in [5, 5.41) is 5.63. The standard InChI is InChI=1S/C21H22N2O4/c1-13-7-8-14(2)17(11-13)23-20(26)21(9-10-21)19(25)22-16-6-4-5-15(12-16)18(24)27-3/h4-8,11-12H,9-10H2,1-3H3,(H,22,25)(H,23,26). The second kappa shape index (κ2) is 7.23. The van der Waals surface area contributed by atoms with E-state index in [9.17, 15) is 14.4 Å². The first-order valence-corrected chi connectivity index (χ1v) is 8.74. The number of methoxy groups -OCH3 is 1. The molecule has 1 aliphatic rings. The monoisotopic (exact) mass is 366 g/mol. The van der Waals surface area contributed by atoms with Crippen molar-refractivity contribution < 1.29 is 19.1 Å². The SMILES string of the molecule is COC(=O)c1cccc(NC(=O)C2(C(=O)Nc3cc(C)ccc3C)CC2)c1. The number of amides is 2. The highest BCUT2D eigenvalue weighted by Gasteiger charge is 2.56. The molecule has 1 saturated carbocycles. The molecular formula is C21H22N2O4. The molecule has 140 valence electrons. The Hall–Kier alpha value is -3.15. The minimum Gasteiger partial charge on any atom is -0.465 e. The van der Waals surface area contributed by atoms with E-state index in [1.807, 2.05) is 32.0 Å². The predicted molar refractivity (Wildman–Crippen MR) is 103 cm³/mol. The maximum absolute atomic E-state index is 12.8. The molecular weight excluding hydrogens is 344 g/mol. The van der Waals surface area contributed by atoms with Gasteiger partial charge in [0.1, 0.15) is 5.41 Å². The van der Waals surface area contributed by atoms with Crippen LogP contribution >= 0.6 is 0 Å². The first-order valence-electron chi connectivity index (χ1n) is 8.74. The molecule has 27 heavy (non-hydrogen) atoms. The number of hydrogen-bond donors (Lipinski definition) is 2. The number of esters is 1. The Balaban J connectivity index is 1.73. The first kappa shape index (κ1) is 18.6. The summed E-state index contributed by atoms with van der Waals surface area (Å²) in [6, 6.07) is 12.2. The third kappa shape index (κ3) is 3.84. The normalized spacial score (nSPS) is 14.2. The smallest absolute Gasteiger partial charge is 0.337 e. The predicted octanol–water partition coefficient (Wildman–Crippen LogP) is 3.45. The fraction of sp³-hybridized carbons (Fsp3) is 0.286. The summed E-state index contributed by atoms with van der Waals surface area (Å²) in [6.45, 7) is 3.86. The molecule has 6 heteroatoms. The lowest BCUT2D eigenvalue weighted by Gasteiger charge is -2.17. The number of nitrogens with one attached hydrogen (secondary N) is 2. The number of aryl methyl sites for hydroxylation is 2. The summed E-state index contributed by atoms with van der Waals surface area (Å²) in [4.78, 5) is 37.1. The van der Waals surface area contributed by atoms with Crippen LogP contribution in [-0.2, 0) is 14.3 Å². The van der Waals surface area contributed by atoms with E-state index >= 15 is 0 Å². The summed E-state index contributed by atoms with van der Waals surface area (Å²) < 4.78 is 4.69. The Morgan fingerprint density at radius 3 is 2.33 bits per heavy atom. The molecule has 0 radical (unpaired) electrons.